The number of nitrogens with one attached hydrogen (secondary N) is 3. The first-order chi connectivity index (χ1) is 13.1. The Bertz CT molecular complexity index is 1060. The third kappa shape index (κ3) is 2.73. The van der Waals surface area contributed by atoms with E-state index in [-0.39, 0.29) is 18.5 Å². The third-order valence-corrected chi connectivity index (χ3v) is 4.86. The van der Waals surface area contributed by atoms with Crippen molar-refractivity contribution in [3.63, 3.8) is 0 Å². The number of H-pyrrole nitrogens is 1. The lowest BCUT2D eigenvalue weighted by Gasteiger charge is -2.25. The second kappa shape index (κ2) is 6.60. The number of hydrazine groups is 1. The zero-order chi connectivity index (χ0) is 19.0. The number of aryl methyl sites for hydroxylation is 1. The Labute approximate surface area is 155 Å². The molecule has 3 aromatic rings. The van der Waals surface area contributed by atoms with Crippen LogP contribution in [0, 0.1) is 6.92 Å². The largest absolute Gasteiger partial charge is 0.358 e. The van der Waals surface area contributed by atoms with Crippen LogP contribution in [0.1, 0.15) is 33.2 Å². The molecule has 7 heteroatoms. The SMILES string of the molecule is Cc1[nH]c2ccccc2c1C1c2ccccc2C(=O)N1CC(=O)NNC=O. The summed E-state index contributed by atoms with van der Waals surface area (Å²) in [6.07, 6.45) is 0.375. The van der Waals surface area contributed by atoms with Gasteiger partial charge in [0.25, 0.3) is 11.8 Å². The van der Waals surface area contributed by atoms with Gasteiger partial charge in [0, 0.05) is 27.7 Å². The number of amides is 3. The topological polar surface area (TPSA) is 94.3 Å². The van der Waals surface area contributed by atoms with Crippen LogP contribution in [-0.2, 0) is 9.59 Å². The fourth-order valence-electron chi connectivity index (χ4n) is 3.80. The first-order valence-corrected chi connectivity index (χ1v) is 8.57. The van der Waals surface area contributed by atoms with Crippen LogP contribution in [0.3, 0.4) is 0 Å². The molecule has 1 unspecified atom stereocenters. The zero-order valence-electron chi connectivity index (χ0n) is 14.7. The number of para-hydroxylation sites is 1. The Hall–Kier alpha value is -3.61. The van der Waals surface area contributed by atoms with Crippen LogP contribution >= 0.6 is 0 Å². The number of aromatic amines is 1. The lowest BCUT2D eigenvalue weighted by molar-refractivity contribution is -0.125. The van der Waals surface area contributed by atoms with Crippen LogP contribution in [0.2, 0.25) is 0 Å². The summed E-state index contributed by atoms with van der Waals surface area (Å²) in [6.45, 7) is 1.80. The maximum Gasteiger partial charge on any atom is 0.258 e. The van der Waals surface area contributed by atoms with Crippen molar-refractivity contribution in [2.75, 3.05) is 6.54 Å². The number of fused-ring (bicyclic) bond motifs is 2. The smallest absolute Gasteiger partial charge is 0.258 e. The lowest BCUT2D eigenvalue weighted by atomic mass is 9.95. The fraction of sp³-hybridized carbons (Fsp3) is 0.150. The van der Waals surface area contributed by atoms with E-state index >= 15 is 0 Å². The minimum atomic E-state index is -0.467. The lowest BCUT2D eigenvalue weighted by Crippen LogP contribution is -2.44. The van der Waals surface area contributed by atoms with Gasteiger partial charge in [-0.05, 0) is 24.6 Å². The highest BCUT2D eigenvalue weighted by molar-refractivity contribution is 6.02. The van der Waals surface area contributed by atoms with E-state index in [4.69, 9.17) is 0 Å². The third-order valence-electron chi connectivity index (χ3n) is 4.86. The van der Waals surface area contributed by atoms with Crippen LogP contribution in [-0.4, -0.2) is 34.7 Å². The Morgan fingerprint density at radius 2 is 1.93 bits per heavy atom. The minimum Gasteiger partial charge on any atom is -0.358 e. The van der Waals surface area contributed by atoms with Crippen LogP contribution < -0.4 is 10.9 Å². The van der Waals surface area contributed by atoms with Crippen molar-refractivity contribution in [2.45, 2.75) is 13.0 Å². The molecule has 2 heterocycles. The molecule has 1 aliphatic heterocycles. The van der Waals surface area contributed by atoms with E-state index in [2.05, 4.69) is 15.8 Å². The van der Waals surface area contributed by atoms with Crippen LogP contribution in [0.15, 0.2) is 48.5 Å². The summed E-state index contributed by atoms with van der Waals surface area (Å²) in [4.78, 5) is 40.5. The van der Waals surface area contributed by atoms with Crippen molar-refractivity contribution >= 4 is 29.1 Å². The molecule has 3 N–H and O–H groups in total. The number of carbonyl (C=O) groups is 3. The average molecular weight is 362 g/mol. The van der Waals surface area contributed by atoms with E-state index < -0.39 is 5.91 Å². The van der Waals surface area contributed by atoms with Gasteiger partial charge in [-0.15, -0.1) is 0 Å². The molecule has 0 radical (unpaired) electrons. The highest BCUT2D eigenvalue weighted by Gasteiger charge is 2.40. The monoisotopic (exact) mass is 362 g/mol. The number of hydrogen-bond donors (Lipinski definition) is 3. The Kier molecular flexibility index (Phi) is 4.12. The normalized spacial score (nSPS) is 15.7. The van der Waals surface area contributed by atoms with E-state index in [1.807, 2.05) is 49.4 Å². The quantitative estimate of drug-likeness (QED) is 0.477. The van der Waals surface area contributed by atoms with Gasteiger partial charge in [0.05, 0.1) is 6.04 Å². The Morgan fingerprint density at radius 3 is 2.74 bits per heavy atom. The highest BCUT2D eigenvalue weighted by Crippen LogP contribution is 2.42. The summed E-state index contributed by atoms with van der Waals surface area (Å²) in [7, 11) is 0. The summed E-state index contributed by atoms with van der Waals surface area (Å²) in [5, 5.41) is 1.01. The summed E-state index contributed by atoms with van der Waals surface area (Å²) in [5.74, 6) is -0.674. The van der Waals surface area contributed by atoms with E-state index in [1.54, 1.807) is 6.07 Å². The molecule has 0 bridgehead atoms. The molecular weight excluding hydrogens is 344 g/mol. The summed E-state index contributed by atoms with van der Waals surface area (Å²) < 4.78 is 0. The van der Waals surface area contributed by atoms with Gasteiger partial charge in [-0.2, -0.15) is 0 Å². The number of carbonyl (C=O) groups excluding carboxylic acids is 3. The van der Waals surface area contributed by atoms with Crippen LogP contribution in [0.25, 0.3) is 10.9 Å². The zero-order valence-corrected chi connectivity index (χ0v) is 14.7. The fourth-order valence-corrected chi connectivity index (χ4v) is 3.80. The van der Waals surface area contributed by atoms with Crippen molar-refractivity contribution in [3.05, 3.63) is 70.9 Å². The molecule has 27 heavy (non-hydrogen) atoms. The van der Waals surface area contributed by atoms with Crippen molar-refractivity contribution < 1.29 is 14.4 Å². The Balaban J connectivity index is 1.83. The first-order valence-electron chi connectivity index (χ1n) is 8.57. The minimum absolute atomic E-state index is 0.169. The number of benzene rings is 2. The van der Waals surface area contributed by atoms with Gasteiger partial charge in [-0.1, -0.05) is 36.4 Å². The maximum atomic E-state index is 13.0. The maximum absolute atomic E-state index is 13.0. The molecule has 2 aromatic carbocycles. The van der Waals surface area contributed by atoms with Gasteiger partial charge in [0.1, 0.15) is 6.54 Å². The molecule has 1 aliphatic rings. The second-order valence-corrected chi connectivity index (χ2v) is 6.44. The molecule has 0 fully saturated rings. The van der Waals surface area contributed by atoms with Gasteiger partial charge in [0.2, 0.25) is 6.41 Å². The van der Waals surface area contributed by atoms with E-state index in [0.29, 0.717) is 12.0 Å². The van der Waals surface area contributed by atoms with Crippen molar-refractivity contribution in [1.29, 1.82) is 0 Å². The van der Waals surface area contributed by atoms with E-state index in [9.17, 15) is 14.4 Å². The van der Waals surface area contributed by atoms with Crippen molar-refractivity contribution in [2.24, 2.45) is 0 Å². The summed E-state index contributed by atoms with van der Waals surface area (Å²) in [5.41, 5.74) is 8.74. The molecular formula is C20H18N4O3. The molecule has 1 atom stereocenters. The molecule has 1 aromatic heterocycles. The van der Waals surface area contributed by atoms with Gasteiger partial charge >= 0.3 is 0 Å². The predicted molar refractivity (Wildman–Crippen MR) is 99.7 cm³/mol. The summed E-state index contributed by atoms with van der Waals surface area (Å²) in [6, 6.07) is 14.9. The first kappa shape index (κ1) is 16.8. The van der Waals surface area contributed by atoms with Crippen LogP contribution in [0.5, 0.6) is 0 Å². The Morgan fingerprint density at radius 1 is 1.19 bits per heavy atom. The number of nitrogens with zero attached hydrogens (tertiary/aromatic N) is 1. The highest BCUT2D eigenvalue weighted by atomic mass is 16.2. The van der Waals surface area contributed by atoms with Gasteiger partial charge in [-0.25, -0.2) is 0 Å². The summed E-state index contributed by atoms with van der Waals surface area (Å²) >= 11 is 0. The predicted octanol–water partition coefficient (Wildman–Crippen LogP) is 1.80. The van der Waals surface area contributed by atoms with Crippen molar-refractivity contribution in [3.8, 4) is 0 Å². The molecule has 4 rings (SSSR count). The van der Waals surface area contributed by atoms with Gasteiger partial charge in [0.15, 0.2) is 0 Å². The van der Waals surface area contributed by atoms with E-state index in [0.717, 1.165) is 27.7 Å². The van der Waals surface area contributed by atoms with Gasteiger partial charge < -0.3 is 9.88 Å². The average Bonchev–Trinajstić information content (AvgIpc) is 3.14. The standard InChI is InChI=1S/C20H18N4O3/c1-12-18(15-8-4-5-9-16(15)22-12)19-13-6-2-3-7-14(13)20(27)24(19)10-17(26)23-21-11-25/h2-9,11,19,22H,10H2,1H3,(H,21,25)(H,23,26). The number of rotatable bonds is 5. The molecule has 136 valence electrons. The second-order valence-electron chi connectivity index (χ2n) is 6.44. The molecule has 0 saturated heterocycles. The van der Waals surface area contributed by atoms with Gasteiger partial charge in [-0.3, -0.25) is 25.2 Å². The molecule has 0 aliphatic carbocycles. The van der Waals surface area contributed by atoms with Crippen molar-refractivity contribution in [1.82, 2.24) is 20.7 Å². The van der Waals surface area contributed by atoms with E-state index in [1.165, 1.54) is 4.90 Å². The molecule has 0 saturated carbocycles. The molecule has 7 nitrogen and oxygen atoms in total. The number of hydrogen-bond acceptors (Lipinski definition) is 3. The molecule has 0 spiro atoms. The molecule has 3 amide bonds. The van der Waals surface area contributed by atoms with Crippen LogP contribution in [0.4, 0.5) is 0 Å². The number of aromatic nitrogens is 1.